The van der Waals surface area contributed by atoms with E-state index in [4.69, 9.17) is 4.74 Å². The minimum atomic E-state index is 0.0626. The molecule has 1 saturated heterocycles. The van der Waals surface area contributed by atoms with Crippen LogP contribution in [0.2, 0.25) is 0 Å². The number of hydrogen-bond donors (Lipinski definition) is 0. The second kappa shape index (κ2) is 5.12. The van der Waals surface area contributed by atoms with Crippen LogP contribution in [0.15, 0.2) is 30.3 Å². The molecular weight excluding hydrogens is 202 g/mol. The summed E-state index contributed by atoms with van der Waals surface area (Å²) in [6, 6.07) is 10.1. The largest absolute Gasteiger partial charge is 0.371 e. The highest BCUT2D eigenvalue weighted by Gasteiger charge is 2.28. The number of ether oxygens (including phenoxy) is 1. The van der Waals surface area contributed by atoms with Gasteiger partial charge in [-0.2, -0.15) is 0 Å². The van der Waals surface area contributed by atoms with Crippen molar-refractivity contribution >= 4 is 5.91 Å². The van der Waals surface area contributed by atoms with Crippen LogP contribution in [-0.2, 0) is 16.1 Å². The number of nitrogens with zero attached hydrogens (tertiary/aromatic N) is 1. The van der Waals surface area contributed by atoms with Crippen molar-refractivity contribution in [3.63, 3.8) is 0 Å². The van der Waals surface area contributed by atoms with E-state index >= 15 is 0 Å². The Hall–Kier alpha value is -1.35. The van der Waals surface area contributed by atoms with Gasteiger partial charge in [0.25, 0.3) is 0 Å². The molecule has 16 heavy (non-hydrogen) atoms. The monoisotopic (exact) mass is 219 g/mol. The SMILES string of the molecule is CCN1CC(OCc2ccccc2)CC1=O. The lowest BCUT2D eigenvalue weighted by molar-refractivity contribution is -0.127. The first-order valence-corrected chi connectivity index (χ1v) is 5.73. The smallest absolute Gasteiger partial charge is 0.225 e. The number of likely N-dealkylation sites (tertiary alicyclic amines) is 1. The predicted octanol–water partition coefficient (Wildman–Crippen LogP) is 1.82. The van der Waals surface area contributed by atoms with Gasteiger partial charge in [-0.3, -0.25) is 4.79 Å². The van der Waals surface area contributed by atoms with Crippen LogP contribution in [0.25, 0.3) is 0 Å². The summed E-state index contributed by atoms with van der Waals surface area (Å²) in [7, 11) is 0. The van der Waals surface area contributed by atoms with Crippen LogP contribution in [0.4, 0.5) is 0 Å². The number of rotatable bonds is 4. The second-order valence-corrected chi connectivity index (χ2v) is 4.06. The van der Waals surface area contributed by atoms with Crippen molar-refractivity contribution in [1.29, 1.82) is 0 Å². The maximum atomic E-state index is 11.5. The van der Waals surface area contributed by atoms with Gasteiger partial charge in [0, 0.05) is 13.1 Å². The maximum Gasteiger partial charge on any atom is 0.225 e. The topological polar surface area (TPSA) is 29.5 Å². The Kier molecular flexibility index (Phi) is 3.57. The molecule has 0 aliphatic carbocycles. The van der Waals surface area contributed by atoms with Crippen molar-refractivity contribution in [2.45, 2.75) is 26.1 Å². The molecule has 3 nitrogen and oxygen atoms in total. The Labute approximate surface area is 96.0 Å². The number of hydrogen-bond acceptors (Lipinski definition) is 2. The summed E-state index contributed by atoms with van der Waals surface area (Å²) in [5.41, 5.74) is 1.16. The first-order valence-electron chi connectivity index (χ1n) is 5.73. The Balaban J connectivity index is 1.82. The lowest BCUT2D eigenvalue weighted by atomic mass is 10.2. The zero-order valence-electron chi connectivity index (χ0n) is 9.56. The molecule has 0 saturated carbocycles. The van der Waals surface area contributed by atoms with Gasteiger partial charge in [0.1, 0.15) is 0 Å². The van der Waals surface area contributed by atoms with Crippen molar-refractivity contribution in [1.82, 2.24) is 4.90 Å². The first-order chi connectivity index (χ1) is 7.79. The second-order valence-electron chi connectivity index (χ2n) is 4.06. The summed E-state index contributed by atoms with van der Waals surface area (Å²) in [4.78, 5) is 13.3. The van der Waals surface area contributed by atoms with E-state index in [2.05, 4.69) is 0 Å². The van der Waals surface area contributed by atoms with Crippen LogP contribution in [0.1, 0.15) is 18.9 Å². The van der Waals surface area contributed by atoms with E-state index in [1.165, 1.54) is 0 Å². The Bertz CT molecular complexity index is 350. The summed E-state index contributed by atoms with van der Waals surface area (Å²) >= 11 is 0. The highest BCUT2D eigenvalue weighted by molar-refractivity contribution is 5.78. The fourth-order valence-corrected chi connectivity index (χ4v) is 1.94. The van der Waals surface area contributed by atoms with Gasteiger partial charge in [-0.1, -0.05) is 30.3 Å². The molecule has 1 aliphatic heterocycles. The van der Waals surface area contributed by atoms with Crippen LogP contribution < -0.4 is 0 Å². The third-order valence-corrected chi connectivity index (χ3v) is 2.89. The zero-order valence-corrected chi connectivity index (χ0v) is 9.56. The number of likely N-dealkylation sites (N-methyl/N-ethyl adjacent to an activating group) is 1. The van der Waals surface area contributed by atoms with E-state index < -0.39 is 0 Å². The van der Waals surface area contributed by atoms with Gasteiger partial charge in [0.2, 0.25) is 5.91 Å². The average molecular weight is 219 g/mol. The predicted molar refractivity (Wildman–Crippen MR) is 61.9 cm³/mol. The quantitative estimate of drug-likeness (QED) is 0.773. The maximum absolute atomic E-state index is 11.5. The van der Waals surface area contributed by atoms with E-state index in [1.54, 1.807) is 0 Å². The van der Waals surface area contributed by atoms with E-state index in [0.717, 1.165) is 18.7 Å². The highest BCUT2D eigenvalue weighted by atomic mass is 16.5. The minimum Gasteiger partial charge on any atom is -0.371 e. The van der Waals surface area contributed by atoms with Gasteiger partial charge in [0.05, 0.1) is 19.1 Å². The lowest BCUT2D eigenvalue weighted by Gasteiger charge is -2.14. The molecule has 1 aromatic rings. The molecule has 3 heteroatoms. The van der Waals surface area contributed by atoms with Crippen molar-refractivity contribution in [3.05, 3.63) is 35.9 Å². The summed E-state index contributed by atoms with van der Waals surface area (Å²) in [5, 5.41) is 0. The lowest BCUT2D eigenvalue weighted by Crippen LogP contribution is -2.25. The fourth-order valence-electron chi connectivity index (χ4n) is 1.94. The van der Waals surface area contributed by atoms with Gasteiger partial charge < -0.3 is 9.64 Å². The normalized spacial score (nSPS) is 20.4. The van der Waals surface area contributed by atoms with Gasteiger partial charge in [-0.15, -0.1) is 0 Å². The minimum absolute atomic E-state index is 0.0626. The van der Waals surface area contributed by atoms with E-state index in [9.17, 15) is 4.79 Å². The molecule has 1 atom stereocenters. The Morgan fingerprint density at radius 2 is 2.12 bits per heavy atom. The third-order valence-electron chi connectivity index (χ3n) is 2.89. The zero-order chi connectivity index (χ0) is 11.4. The molecule has 1 amide bonds. The van der Waals surface area contributed by atoms with Crippen molar-refractivity contribution in [2.75, 3.05) is 13.1 Å². The number of carbonyl (C=O) groups is 1. The molecular formula is C13H17NO2. The number of benzene rings is 1. The number of amides is 1. The van der Waals surface area contributed by atoms with Crippen molar-refractivity contribution < 1.29 is 9.53 Å². The molecule has 0 radical (unpaired) electrons. The Morgan fingerprint density at radius 3 is 2.75 bits per heavy atom. The van der Waals surface area contributed by atoms with Crippen LogP contribution in [0, 0.1) is 0 Å². The number of carbonyl (C=O) groups excluding carboxylic acids is 1. The molecule has 0 bridgehead atoms. The van der Waals surface area contributed by atoms with Gasteiger partial charge >= 0.3 is 0 Å². The van der Waals surface area contributed by atoms with Crippen LogP contribution >= 0.6 is 0 Å². The van der Waals surface area contributed by atoms with E-state index in [-0.39, 0.29) is 12.0 Å². The van der Waals surface area contributed by atoms with Gasteiger partial charge in [0.15, 0.2) is 0 Å². The van der Waals surface area contributed by atoms with Gasteiger partial charge in [-0.05, 0) is 12.5 Å². The Morgan fingerprint density at radius 1 is 1.38 bits per heavy atom. The molecule has 0 N–H and O–H groups in total. The first kappa shape index (κ1) is 11.1. The van der Waals surface area contributed by atoms with Crippen LogP contribution in [0.3, 0.4) is 0 Å². The molecule has 0 aromatic heterocycles. The summed E-state index contributed by atoms with van der Waals surface area (Å²) in [5.74, 6) is 0.209. The standard InChI is InChI=1S/C13H17NO2/c1-2-14-9-12(8-13(14)15)16-10-11-6-4-3-5-7-11/h3-7,12H,2,8-10H2,1H3. The molecule has 2 rings (SSSR count). The van der Waals surface area contributed by atoms with Crippen molar-refractivity contribution in [2.24, 2.45) is 0 Å². The summed E-state index contributed by atoms with van der Waals surface area (Å²) in [6.07, 6.45) is 0.591. The molecule has 1 aromatic carbocycles. The fraction of sp³-hybridized carbons (Fsp3) is 0.462. The molecule has 1 aliphatic rings. The van der Waals surface area contributed by atoms with Crippen molar-refractivity contribution in [3.8, 4) is 0 Å². The molecule has 1 heterocycles. The summed E-state index contributed by atoms with van der Waals surface area (Å²) in [6.45, 7) is 4.11. The van der Waals surface area contributed by atoms with Gasteiger partial charge in [-0.25, -0.2) is 0 Å². The van der Waals surface area contributed by atoms with E-state index in [0.29, 0.717) is 13.0 Å². The molecule has 1 fully saturated rings. The van der Waals surface area contributed by atoms with Crippen LogP contribution in [-0.4, -0.2) is 30.0 Å². The van der Waals surface area contributed by atoms with E-state index in [1.807, 2.05) is 42.2 Å². The molecule has 86 valence electrons. The molecule has 0 spiro atoms. The summed E-state index contributed by atoms with van der Waals surface area (Å²) < 4.78 is 5.73. The third kappa shape index (κ3) is 2.61. The average Bonchev–Trinajstić information content (AvgIpc) is 2.69. The highest BCUT2D eigenvalue weighted by Crippen LogP contribution is 2.15. The molecule has 1 unspecified atom stereocenters. The van der Waals surface area contributed by atoms with Crippen LogP contribution in [0.5, 0.6) is 0 Å².